The number of amides is 1. The van der Waals surface area contributed by atoms with Crippen molar-refractivity contribution >= 4 is 11.9 Å². The van der Waals surface area contributed by atoms with Crippen LogP contribution in [0.5, 0.6) is 5.75 Å². The molecule has 0 bridgehead atoms. The van der Waals surface area contributed by atoms with Crippen LogP contribution in [0.2, 0.25) is 0 Å². The Morgan fingerprint density at radius 3 is 2.60 bits per heavy atom. The van der Waals surface area contributed by atoms with Crippen LogP contribution in [0.3, 0.4) is 0 Å². The van der Waals surface area contributed by atoms with E-state index in [1.54, 1.807) is 19.2 Å². The molecule has 0 spiro atoms. The number of aromatic carboxylic acids is 1. The number of methoxy groups -OCH3 is 1. The lowest BCUT2D eigenvalue weighted by Gasteiger charge is -2.17. The monoisotopic (exact) mass is 339 g/mol. The summed E-state index contributed by atoms with van der Waals surface area (Å²) in [6.45, 7) is 3.78. The molecule has 0 saturated carbocycles. The van der Waals surface area contributed by atoms with Crippen LogP contribution in [0, 0.1) is 13.8 Å². The zero-order valence-electron chi connectivity index (χ0n) is 14.6. The molecule has 3 rings (SSSR count). The van der Waals surface area contributed by atoms with E-state index in [-0.39, 0.29) is 17.5 Å². The highest BCUT2D eigenvalue weighted by atomic mass is 16.5. The normalized spacial score (nSPS) is 15.6. The van der Waals surface area contributed by atoms with Crippen molar-refractivity contribution in [2.45, 2.75) is 32.7 Å². The number of carboxylic acid groups (broad SMARTS) is 1. The van der Waals surface area contributed by atoms with Gasteiger partial charge in [-0.05, 0) is 73.2 Å². The van der Waals surface area contributed by atoms with E-state index in [0.717, 1.165) is 40.8 Å². The average Bonchev–Trinajstić information content (AvgIpc) is 2.98. The molecule has 0 radical (unpaired) electrons. The van der Waals surface area contributed by atoms with E-state index >= 15 is 0 Å². The largest absolute Gasteiger partial charge is 0.496 e. The summed E-state index contributed by atoms with van der Waals surface area (Å²) in [6.07, 6.45) is 1.61. The topological polar surface area (TPSA) is 75.6 Å². The first-order valence-electron chi connectivity index (χ1n) is 8.23. The molecule has 0 unspecified atom stereocenters. The predicted octanol–water partition coefficient (Wildman–Crippen LogP) is 3.43. The quantitative estimate of drug-likeness (QED) is 0.895. The maximum atomic E-state index is 12.7. The van der Waals surface area contributed by atoms with Gasteiger partial charge < -0.3 is 15.2 Å². The van der Waals surface area contributed by atoms with Crippen LogP contribution in [-0.4, -0.2) is 24.1 Å². The van der Waals surface area contributed by atoms with E-state index in [4.69, 9.17) is 4.74 Å². The molecule has 0 heterocycles. The molecule has 25 heavy (non-hydrogen) atoms. The second-order valence-electron chi connectivity index (χ2n) is 6.42. The van der Waals surface area contributed by atoms with Crippen molar-refractivity contribution in [3.63, 3.8) is 0 Å². The van der Waals surface area contributed by atoms with Crippen molar-refractivity contribution in [3.05, 3.63) is 63.7 Å². The predicted molar refractivity (Wildman–Crippen MR) is 94.4 cm³/mol. The number of nitrogens with one attached hydrogen (secondary N) is 1. The zero-order chi connectivity index (χ0) is 18.1. The van der Waals surface area contributed by atoms with Gasteiger partial charge in [0.05, 0.1) is 18.7 Å². The third kappa shape index (κ3) is 3.22. The van der Waals surface area contributed by atoms with E-state index in [1.165, 1.54) is 0 Å². The van der Waals surface area contributed by atoms with Gasteiger partial charge in [0.15, 0.2) is 0 Å². The van der Waals surface area contributed by atoms with Crippen molar-refractivity contribution in [2.24, 2.45) is 0 Å². The summed E-state index contributed by atoms with van der Waals surface area (Å²) in [5.41, 5.74) is 4.60. The average molecular weight is 339 g/mol. The van der Waals surface area contributed by atoms with Crippen molar-refractivity contribution in [3.8, 4) is 5.75 Å². The van der Waals surface area contributed by atoms with Gasteiger partial charge in [-0.1, -0.05) is 6.07 Å². The van der Waals surface area contributed by atoms with Crippen LogP contribution in [0.1, 0.15) is 55.4 Å². The number of benzene rings is 2. The van der Waals surface area contributed by atoms with E-state index in [9.17, 15) is 14.7 Å². The second kappa shape index (κ2) is 6.59. The summed E-state index contributed by atoms with van der Waals surface area (Å²) in [4.78, 5) is 23.9. The highest BCUT2D eigenvalue weighted by Gasteiger charge is 2.26. The van der Waals surface area contributed by atoms with E-state index in [1.807, 2.05) is 32.0 Å². The highest BCUT2D eigenvalue weighted by molar-refractivity contribution is 5.96. The fourth-order valence-corrected chi connectivity index (χ4v) is 3.38. The van der Waals surface area contributed by atoms with E-state index in [0.29, 0.717) is 5.56 Å². The molecule has 0 aliphatic heterocycles. The number of carbonyl (C=O) groups excluding carboxylic acids is 1. The van der Waals surface area contributed by atoms with Gasteiger partial charge in [0, 0.05) is 5.56 Å². The molecule has 2 aromatic carbocycles. The number of carbonyl (C=O) groups is 2. The summed E-state index contributed by atoms with van der Waals surface area (Å²) in [6, 6.07) is 8.64. The first kappa shape index (κ1) is 17.0. The van der Waals surface area contributed by atoms with Crippen molar-refractivity contribution in [1.29, 1.82) is 0 Å². The Morgan fingerprint density at radius 1 is 1.16 bits per heavy atom. The molecule has 5 heteroatoms. The Morgan fingerprint density at radius 2 is 1.92 bits per heavy atom. The lowest BCUT2D eigenvalue weighted by molar-refractivity contribution is 0.0696. The van der Waals surface area contributed by atoms with Crippen LogP contribution in [0.15, 0.2) is 30.3 Å². The Bertz CT molecular complexity index is 857. The zero-order valence-corrected chi connectivity index (χ0v) is 14.6. The number of fused-ring (bicyclic) bond motifs is 1. The van der Waals surface area contributed by atoms with Gasteiger partial charge in [-0.3, -0.25) is 4.79 Å². The summed E-state index contributed by atoms with van der Waals surface area (Å²) < 4.78 is 5.29. The van der Waals surface area contributed by atoms with Gasteiger partial charge in [-0.2, -0.15) is 0 Å². The minimum absolute atomic E-state index is 0.151. The van der Waals surface area contributed by atoms with Crippen molar-refractivity contribution in [1.82, 2.24) is 5.32 Å². The molecule has 0 fully saturated rings. The smallest absolute Gasteiger partial charge is 0.335 e. The van der Waals surface area contributed by atoms with Crippen molar-refractivity contribution in [2.75, 3.05) is 7.11 Å². The molecule has 1 amide bonds. The number of hydrogen-bond acceptors (Lipinski definition) is 3. The molecule has 2 N–H and O–H groups in total. The molecular formula is C20H21NO4. The highest BCUT2D eigenvalue weighted by Crippen LogP contribution is 2.32. The Labute approximate surface area is 146 Å². The van der Waals surface area contributed by atoms with Gasteiger partial charge in [0.1, 0.15) is 5.75 Å². The Balaban J connectivity index is 1.85. The van der Waals surface area contributed by atoms with Crippen LogP contribution in [-0.2, 0) is 6.42 Å². The standard InChI is InChI=1S/C20H21NO4/c1-11-9-18(25-3)12(2)8-15(11)19(22)21-17-7-6-13-4-5-14(20(23)24)10-16(13)17/h4-5,8-10,17H,6-7H2,1-3H3,(H,21,22)(H,23,24)/t17-/m1/s1. The number of ether oxygens (including phenoxy) is 1. The number of aryl methyl sites for hydroxylation is 3. The first-order chi connectivity index (χ1) is 11.9. The number of rotatable bonds is 4. The molecular weight excluding hydrogens is 318 g/mol. The van der Waals surface area contributed by atoms with Gasteiger partial charge >= 0.3 is 5.97 Å². The number of carboxylic acids is 1. The third-order valence-corrected chi connectivity index (χ3v) is 4.76. The molecule has 5 nitrogen and oxygen atoms in total. The fraction of sp³-hybridized carbons (Fsp3) is 0.300. The second-order valence-corrected chi connectivity index (χ2v) is 6.42. The van der Waals surface area contributed by atoms with Crippen LogP contribution in [0.4, 0.5) is 0 Å². The van der Waals surface area contributed by atoms with E-state index < -0.39 is 5.97 Å². The molecule has 0 saturated heterocycles. The number of hydrogen-bond donors (Lipinski definition) is 2. The molecule has 1 aliphatic carbocycles. The van der Waals surface area contributed by atoms with Crippen LogP contribution >= 0.6 is 0 Å². The molecule has 2 aromatic rings. The van der Waals surface area contributed by atoms with Crippen LogP contribution in [0.25, 0.3) is 0 Å². The molecule has 1 atom stereocenters. The van der Waals surface area contributed by atoms with E-state index in [2.05, 4.69) is 5.32 Å². The van der Waals surface area contributed by atoms with Gasteiger partial charge in [-0.25, -0.2) is 4.79 Å². The molecule has 130 valence electrons. The van der Waals surface area contributed by atoms with Gasteiger partial charge in [0.25, 0.3) is 5.91 Å². The van der Waals surface area contributed by atoms with Gasteiger partial charge in [-0.15, -0.1) is 0 Å². The lowest BCUT2D eigenvalue weighted by atomic mass is 10.0. The van der Waals surface area contributed by atoms with Crippen molar-refractivity contribution < 1.29 is 19.4 Å². The molecule has 1 aliphatic rings. The summed E-state index contributed by atoms with van der Waals surface area (Å²) in [5.74, 6) is -0.352. The molecule has 0 aromatic heterocycles. The summed E-state index contributed by atoms with van der Waals surface area (Å²) in [5, 5.41) is 12.2. The first-order valence-corrected chi connectivity index (χ1v) is 8.23. The Kier molecular flexibility index (Phi) is 4.49. The Hall–Kier alpha value is -2.82. The minimum atomic E-state index is -0.957. The maximum Gasteiger partial charge on any atom is 0.335 e. The fourth-order valence-electron chi connectivity index (χ4n) is 3.38. The minimum Gasteiger partial charge on any atom is -0.496 e. The van der Waals surface area contributed by atoms with Crippen LogP contribution < -0.4 is 10.1 Å². The SMILES string of the molecule is COc1cc(C)c(C(=O)N[C@@H]2CCc3ccc(C(=O)O)cc32)cc1C. The lowest BCUT2D eigenvalue weighted by Crippen LogP contribution is -2.28. The summed E-state index contributed by atoms with van der Waals surface area (Å²) in [7, 11) is 1.61. The maximum absolute atomic E-state index is 12.7. The van der Waals surface area contributed by atoms with Gasteiger partial charge in [0.2, 0.25) is 0 Å². The third-order valence-electron chi connectivity index (χ3n) is 4.76. The summed E-state index contributed by atoms with van der Waals surface area (Å²) >= 11 is 0.